The molecule has 1 aliphatic heterocycles. The van der Waals surface area contributed by atoms with Gasteiger partial charge in [-0.1, -0.05) is 0 Å². The molecule has 0 spiro atoms. The first kappa shape index (κ1) is 18.2. The minimum atomic E-state index is -3.90. The maximum Gasteiger partial charge on any atom is 0.325 e. The minimum absolute atomic E-state index is 0.0174. The molecule has 0 bridgehead atoms. The molecule has 3 rings (SSSR count). The van der Waals surface area contributed by atoms with Gasteiger partial charge in [0.05, 0.1) is 29.3 Å². The summed E-state index contributed by atoms with van der Waals surface area (Å²) in [5.41, 5.74) is 11.4. The third-order valence-electron chi connectivity index (χ3n) is 5.24. The summed E-state index contributed by atoms with van der Waals surface area (Å²) >= 11 is 0. The van der Waals surface area contributed by atoms with Crippen molar-refractivity contribution in [3.63, 3.8) is 0 Å². The van der Waals surface area contributed by atoms with Crippen molar-refractivity contribution in [2.75, 3.05) is 29.9 Å². The van der Waals surface area contributed by atoms with Gasteiger partial charge in [0.25, 0.3) is 0 Å². The quantitative estimate of drug-likeness (QED) is 0.721. The van der Waals surface area contributed by atoms with Crippen LogP contribution in [0.4, 0.5) is 11.4 Å². The van der Waals surface area contributed by atoms with Gasteiger partial charge in [-0.15, -0.1) is 0 Å². The fourth-order valence-electron chi connectivity index (χ4n) is 3.60. The number of aromatic nitrogens is 1. The second-order valence-corrected chi connectivity index (χ2v) is 8.90. The summed E-state index contributed by atoms with van der Waals surface area (Å²) in [7, 11) is -3.90. The third-order valence-corrected chi connectivity index (χ3v) is 6.08. The topological polar surface area (TPSA) is 99.7 Å². The molecule has 0 saturated carbocycles. The van der Waals surface area contributed by atoms with Crippen LogP contribution in [-0.2, 0) is 4.57 Å². The van der Waals surface area contributed by atoms with E-state index in [-0.39, 0.29) is 6.16 Å². The van der Waals surface area contributed by atoms with Gasteiger partial charge in [0.15, 0.2) is 0 Å². The zero-order valence-electron chi connectivity index (χ0n) is 14.8. The van der Waals surface area contributed by atoms with Crippen molar-refractivity contribution in [2.45, 2.75) is 33.1 Å². The predicted octanol–water partition coefficient (Wildman–Crippen LogP) is 3.22. The number of fused-ring (bicyclic) bond motifs is 1. The molecule has 0 radical (unpaired) electrons. The van der Waals surface area contributed by atoms with E-state index >= 15 is 0 Å². The lowest BCUT2D eigenvalue weighted by Gasteiger charge is -2.35. The Morgan fingerprint density at radius 3 is 2.52 bits per heavy atom. The fraction of sp³-hybridized carbons (Fsp3) is 0.500. The zero-order chi connectivity index (χ0) is 18.2. The number of benzene rings is 1. The Balaban J connectivity index is 1.80. The molecule has 1 saturated heterocycles. The van der Waals surface area contributed by atoms with Crippen LogP contribution in [0.25, 0.3) is 10.9 Å². The number of aryl methyl sites for hydroxylation is 2. The Labute approximate surface area is 148 Å². The molecule has 0 unspecified atom stereocenters. The van der Waals surface area contributed by atoms with Gasteiger partial charge >= 0.3 is 7.60 Å². The lowest BCUT2D eigenvalue weighted by Crippen LogP contribution is -2.34. The Hall–Kier alpha value is -1.62. The van der Waals surface area contributed by atoms with Gasteiger partial charge in [-0.3, -0.25) is 9.55 Å². The van der Waals surface area contributed by atoms with Gasteiger partial charge < -0.3 is 20.4 Å². The minimum Gasteiger partial charge on any atom is -0.396 e. The van der Waals surface area contributed by atoms with Crippen molar-refractivity contribution in [3.05, 3.63) is 29.5 Å². The first-order valence-corrected chi connectivity index (χ1v) is 10.5. The zero-order valence-corrected chi connectivity index (χ0v) is 15.7. The molecule has 1 aromatic heterocycles. The van der Waals surface area contributed by atoms with Crippen LogP contribution >= 0.6 is 7.60 Å². The van der Waals surface area contributed by atoms with Crippen LogP contribution in [0, 0.1) is 19.8 Å². The molecule has 2 aromatic rings. The summed E-state index contributed by atoms with van der Waals surface area (Å²) in [6, 6.07) is 4.25. The van der Waals surface area contributed by atoms with Crippen LogP contribution in [-0.4, -0.2) is 34.0 Å². The highest BCUT2D eigenvalue weighted by atomic mass is 31.2. The highest BCUT2D eigenvalue weighted by molar-refractivity contribution is 7.51. The predicted molar refractivity (Wildman–Crippen MR) is 102 cm³/mol. The van der Waals surface area contributed by atoms with Crippen LogP contribution in [0.15, 0.2) is 18.3 Å². The first-order chi connectivity index (χ1) is 11.7. The summed E-state index contributed by atoms with van der Waals surface area (Å²) < 4.78 is 11.1. The number of anilines is 2. The van der Waals surface area contributed by atoms with Crippen molar-refractivity contribution >= 4 is 29.9 Å². The molecule has 136 valence electrons. The van der Waals surface area contributed by atoms with E-state index in [2.05, 4.69) is 35.9 Å². The van der Waals surface area contributed by atoms with Crippen molar-refractivity contribution in [2.24, 2.45) is 5.92 Å². The summed E-state index contributed by atoms with van der Waals surface area (Å²) in [6.07, 6.45) is 4.15. The van der Waals surface area contributed by atoms with E-state index in [1.807, 2.05) is 0 Å². The monoisotopic (exact) mass is 363 g/mol. The van der Waals surface area contributed by atoms with Crippen LogP contribution in [0.3, 0.4) is 0 Å². The first-order valence-electron chi connectivity index (χ1n) is 8.69. The van der Waals surface area contributed by atoms with Gasteiger partial charge in [-0.2, -0.15) is 0 Å². The number of hydrogen-bond acceptors (Lipinski definition) is 4. The molecule has 0 aliphatic carbocycles. The molecule has 6 nitrogen and oxygen atoms in total. The van der Waals surface area contributed by atoms with Crippen molar-refractivity contribution in [1.29, 1.82) is 0 Å². The maximum atomic E-state index is 11.1. The smallest absolute Gasteiger partial charge is 0.325 e. The third kappa shape index (κ3) is 4.14. The van der Waals surface area contributed by atoms with Gasteiger partial charge in [0.2, 0.25) is 0 Å². The normalized spacial score (nSPS) is 16.6. The summed E-state index contributed by atoms with van der Waals surface area (Å²) in [5.74, 6) is 0.363. The summed E-state index contributed by atoms with van der Waals surface area (Å²) in [5, 5.41) is 1.08. The number of nitrogens with zero attached hydrogens (tertiary/aromatic N) is 2. The number of hydrogen-bond donors (Lipinski definition) is 3. The van der Waals surface area contributed by atoms with E-state index in [1.54, 1.807) is 6.20 Å². The second-order valence-electron chi connectivity index (χ2n) is 7.12. The summed E-state index contributed by atoms with van der Waals surface area (Å²) in [4.78, 5) is 24.9. The van der Waals surface area contributed by atoms with Crippen LogP contribution in [0.1, 0.15) is 30.4 Å². The van der Waals surface area contributed by atoms with Crippen molar-refractivity contribution in [1.82, 2.24) is 4.98 Å². The molecule has 25 heavy (non-hydrogen) atoms. The van der Waals surface area contributed by atoms with Crippen LogP contribution in [0.2, 0.25) is 0 Å². The molecule has 0 amide bonds. The second kappa shape index (κ2) is 6.94. The lowest BCUT2D eigenvalue weighted by atomic mass is 9.93. The largest absolute Gasteiger partial charge is 0.396 e. The Morgan fingerprint density at radius 1 is 1.24 bits per heavy atom. The van der Waals surface area contributed by atoms with E-state index in [0.29, 0.717) is 18.0 Å². The molecule has 1 aliphatic rings. The maximum absolute atomic E-state index is 11.1. The number of rotatable bonds is 4. The Kier molecular flexibility index (Phi) is 5.05. The average molecular weight is 363 g/mol. The molecule has 1 aromatic carbocycles. The SMILES string of the molecule is Cc1cc2ncc(N)c(N3CCC(CCP(=O)(O)O)CC3)c2cc1C. The van der Waals surface area contributed by atoms with E-state index in [9.17, 15) is 4.57 Å². The van der Waals surface area contributed by atoms with Gasteiger partial charge in [-0.25, -0.2) is 0 Å². The van der Waals surface area contributed by atoms with Crippen molar-refractivity contribution < 1.29 is 14.4 Å². The average Bonchev–Trinajstić information content (AvgIpc) is 2.55. The molecule has 4 N–H and O–H groups in total. The molecule has 0 atom stereocenters. The van der Waals surface area contributed by atoms with Crippen LogP contribution < -0.4 is 10.6 Å². The van der Waals surface area contributed by atoms with Gasteiger partial charge in [0, 0.05) is 18.5 Å². The molecule has 7 heteroatoms. The fourth-order valence-corrected chi connectivity index (χ4v) is 4.30. The van der Waals surface area contributed by atoms with E-state index in [1.165, 1.54) is 11.1 Å². The number of nitrogen functional groups attached to an aromatic ring is 1. The molecule has 2 heterocycles. The van der Waals surface area contributed by atoms with Gasteiger partial charge in [0.1, 0.15) is 0 Å². The number of pyridine rings is 1. The molecular formula is C18H26N3O3P. The lowest BCUT2D eigenvalue weighted by molar-refractivity contribution is 0.351. The molecule has 1 fully saturated rings. The highest BCUT2D eigenvalue weighted by Crippen LogP contribution is 2.39. The van der Waals surface area contributed by atoms with E-state index in [0.717, 1.165) is 42.5 Å². The Bertz CT molecular complexity index is 826. The van der Waals surface area contributed by atoms with Gasteiger partial charge in [-0.05, 0) is 62.3 Å². The highest BCUT2D eigenvalue weighted by Gasteiger charge is 2.24. The summed E-state index contributed by atoms with van der Waals surface area (Å²) in [6.45, 7) is 5.87. The number of piperidine rings is 1. The standard InChI is InChI=1S/C18H26N3O3P/c1-12-9-15-17(10-13(12)2)20-11-16(19)18(15)21-6-3-14(4-7-21)5-8-25(22,23)24/h9-11,14H,3-8,19H2,1-2H3,(H2,22,23,24). The van der Waals surface area contributed by atoms with Crippen molar-refractivity contribution in [3.8, 4) is 0 Å². The van der Waals surface area contributed by atoms with E-state index in [4.69, 9.17) is 15.5 Å². The molecular weight excluding hydrogens is 337 g/mol. The Morgan fingerprint density at radius 2 is 1.88 bits per heavy atom. The van der Waals surface area contributed by atoms with Crippen LogP contribution in [0.5, 0.6) is 0 Å². The number of nitrogens with two attached hydrogens (primary N) is 1. The van der Waals surface area contributed by atoms with E-state index < -0.39 is 7.60 Å².